The average Bonchev–Trinajstić information content (AvgIpc) is 2.38. The monoisotopic (exact) mass is 264 g/mol. The maximum Gasteiger partial charge on any atom is 0.179 e. The lowest BCUT2D eigenvalue weighted by Crippen LogP contribution is -2.23. The normalized spacial score (nSPS) is 10.8. The molecular formula is C13H16N2O2S. The summed E-state index contributed by atoms with van der Waals surface area (Å²) >= 11 is 0. The number of hydrogen-bond acceptors (Lipinski definition) is 4. The van der Waals surface area contributed by atoms with E-state index in [0.717, 1.165) is 13.0 Å². The van der Waals surface area contributed by atoms with Gasteiger partial charge in [-0.05, 0) is 37.2 Å². The summed E-state index contributed by atoms with van der Waals surface area (Å²) in [5, 5.41) is 11.7. The van der Waals surface area contributed by atoms with E-state index in [4.69, 9.17) is 5.26 Å². The molecule has 0 bridgehead atoms. The van der Waals surface area contributed by atoms with Gasteiger partial charge in [-0.25, -0.2) is 8.42 Å². The van der Waals surface area contributed by atoms with Crippen molar-refractivity contribution in [2.45, 2.75) is 11.3 Å². The average molecular weight is 264 g/mol. The molecule has 0 atom stereocenters. The van der Waals surface area contributed by atoms with E-state index in [-0.39, 0.29) is 10.6 Å². The predicted molar refractivity (Wildman–Crippen MR) is 70.9 cm³/mol. The van der Waals surface area contributed by atoms with Crippen molar-refractivity contribution in [2.24, 2.45) is 0 Å². The Bertz CT molecular complexity index is 527. The zero-order valence-corrected chi connectivity index (χ0v) is 10.9. The molecule has 0 aliphatic rings. The number of nitriles is 1. The Morgan fingerprint density at radius 3 is 2.50 bits per heavy atom. The molecular weight excluding hydrogens is 248 g/mol. The second kappa shape index (κ2) is 6.94. The van der Waals surface area contributed by atoms with Crippen LogP contribution in [0.15, 0.2) is 41.8 Å². The molecule has 0 heterocycles. The molecule has 5 heteroatoms. The van der Waals surface area contributed by atoms with Crippen LogP contribution in [0.2, 0.25) is 0 Å². The predicted octanol–water partition coefficient (Wildman–Crippen LogP) is 1.50. The molecule has 0 aliphatic carbocycles. The molecule has 0 amide bonds. The minimum atomic E-state index is -3.27. The van der Waals surface area contributed by atoms with Crippen LogP contribution in [-0.2, 0) is 9.84 Å². The fourth-order valence-corrected chi connectivity index (χ4v) is 2.59. The fourth-order valence-electron chi connectivity index (χ4n) is 1.39. The number of sulfone groups is 1. The minimum absolute atomic E-state index is 0.0516. The van der Waals surface area contributed by atoms with Crippen molar-refractivity contribution in [1.29, 1.82) is 5.26 Å². The van der Waals surface area contributed by atoms with E-state index in [9.17, 15) is 8.42 Å². The standard InChI is InChI=1S/C13H16N2O2S/c1-2-3-8-15-9-10-18(16,17)13-6-4-12(11-14)5-7-13/h2,4-7,15H,1,3,8-10H2. The van der Waals surface area contributed by atoms with Crippen molar-refractivity contribution in [3.8, 4) is 6.07 Å². The van der Waals surface area contributed by atoms with Crippen LogP contribution in [-0.4, -0.2) is 27.3 Å². The third-order valence-electron chi connectivity index (χ3n) is 2.42. The van der Waals surface area contributed by atoms with Crippen molar-refractivity contribution < 1.29 is 8.42 Å². The zero-order chi connectivity index (χ0) is 13.4. The van der Waals surface area contributed by atoms with E-state index >= 15 is 0 Å². The van der Waals surface area contributed by atoms with Crippen molar-refractivity contribution in [2.75, 3.05) is 18.8 Å². The van der Waals surface area contributed by atoms with Crippen LogP contribution in [0.3, 0.4) is 0 Å². The van der Waals surface area contributed by atoms with Gasteiger partial charge in [-0.2, -0.15) is 5.26 Å². The van der Waals surface area contributed by atoms with Gasteiger partial charge in [0.25, 0.3) is 0 Å². The highest BCUT2D eigenvalue weighted by Crippen LogP contribution is 2.11. The summed E-state index contributed by atoms with van der Waals surface area (Å²) in [5.74, 6) is 0.0516. The maximum absolute atomic E-state index is 11.9. The second-order valence-corrected chi connectivity index (χ2v) is 5.89. The van der Waals surface area contributed by atoms with E-state index < -0.39 is 9.84 Å². The summed E-state index contributed by atoms with van der Waals surface area (Å²) < 4.78 is 23.8. The van der Waals surface area contributed by atoms with Gasteiger partial charge in [0.1, 0.15) is 0 Å². The van der Waals surface area contributed by atoms with Crippen LogP contribution in [0.5, 0.6) is 0 Å². The molecule has 18 heavy (non-hydrogen) atoms. The number of hydrogen-bond donors (Lipinski definition) is 1. The van der Waals surface area contributed by atoms with Crippen molar-refractivity contribution >= 4 is 9.84 Å². The molecule has 1 rings (SSSR count). The van der Waals surface area contributed by atoms with Crippen LogP contribution >= 0.6 is 0 Å². The Morgan fingerprint density at radius 2 is 1.94 bits per heavy atom. The Labute approximate surface area is 108 Å². The topological polar surface area (TPSA) is 70.0 Å². The first kappa shape index (κ1) is 14.4. The van der Waals surface area contributed by atoms with Gasteiger partial charge in [0, 0.05) is 6.54 Å². The van der Waals surface area contributed by atoms with Gasteiger partial charge in [0.15, 0.2) is 9.84 Å². The number of nitrogens with zero attached hydrogens (tertiary/aromatic N) is 1. The molecule has 0 radical (unpaired) electrons. The smallest absolute Gasteiger partial charge is 0.179 e. The first-order chi connectivity index (χ1) is 8.60. The van der Waals surface area contributed by atoms with Crippen LogP contribution in [0.1, 0.15) is 12.0 Å². The van der Waals surface area contributed by atoms with E-state index in [1.54, 1.807) is 6.08 Å². The summed E-state index contributed by atoms with van der Waals surface area (Å²) in [5.41, 5.74) is 0.457. The lowest BCUT2D eigenvalue weighted by atomic mass is 10.2. The third-order valence-corrected chi connectivity index (χ3v) is 4.15. The van der Waals surface area contributed by atoms with Crippen molar-refractivity contribution in [3.05, 3.63) is 42.5 Å². The maximum atomic E-state index is 11.9. The Hall–Kier alpha value is -1.64. The molecule has 96 valence electrons. The largest absolute Gasteiger partial charge is 0.315 e. The molecule has 0 aromatic heterocycles. The molecule has 0 saturated carbocycles. The SMILES string of the molecule is C=CCCNCCS(=O)(=O)c1ccc(C#N)cc1. The molecule has 0 saturated heterocycles. The summed E-state index contributed by atoms with van der Waals surface area (Å²) in [6, 6.07) is 7.92. The molecule has 0 fully saturated rings. The number of benzene rings is 1. The number of nitrogens with one attached hydrogen (secondary N) is 1. The van der Waals surface area contributed by atoms with E-state index in [0.29, 0.717) is 12.1 Å². The number of rotatable bonds is 7. The van der Waals surface area contributed by atoms with Crippen molar-refractivity contribution in [1.82, 2.24) is 5.32 Å². The van der Waals surface area contributed by atoms with E-state index in [1.165, 1.54) is 24.3 Å². The highest BCUT2D eigenvalue weighted by Gasteiger charge is 2.13. The molecule has 4 nitrogen and oxygen atoms in total. The lowest BCUT2D eigenvalue weighted by Gasteiger charge is -2.05. The van der Waals surface area contributed by atoms with Gasteiger partial charge in [-0.3, -0.25) is 0 Å². The Balaban J connectivity index is 2.57. The van der Waals surface area contributed by atoms with Gasteiger partial charge in [0.05, 0.1) is 22.3 Å². The van der Waals surface area contributed by atoms with Gasteiger partial charge in [0.2, 0.25) is 0 Å². The van der Waals surface area contributed by atoms with Gasteiger partial charge >= 0.3 is 0 Å². The van der Waals surface area contributed by atoms with Crippen LogP contribution in [0, 0.1) is 11.3 Å². The summed E-state index contributed by atoms with van der Waals surface area (Å²) in [7, 11) is -3.27. The molecule has 1 N–H and O–H groups in total. The zero-order valence-electron chi connectivity index (χ0n) is 10.1. The van der Waals surface area contributed by atoms with Crippen LogP contribution in [0.4, 0.5) is 0 Å². The summed E-state index contributed by atoms with van der Waals surface area (Å²) in [4.78, 5) is 0.257. The van der Waals surface area contributed by atoms with Crippen molar-refractivity contribution in [3.63, 3.8) is 0 Å². The lowest BCUT2D eigenvalue weighted by molar-refractivity contribution is 0.591. The third kappa shape index (κ3) is 4.32. The second-order valence-electron chi connectivity index (χ2n) is 3.78. The first-order valence-corrected chi connectivity index (χ1v) is 7.30. The van der Waals surface area contributed by atoms with E-state index in [2.05, 4.69) is 11.9 Å². The Morgan fingerprint density at radius 1 is 1.28 bits per heavy atom. The van der Waals surface area contributed by atoms with Gasteiger partial charge < -0.3 is 5.32 Å². The van der Waals surface area contributed by atoms with Gasteiger partial charge in [-0.15, -0.1) is 6.58 Å². The molecule has 1 aromatic carbocycles. The molecule has 0 spiro atoms. The Kier molecular flexibility index (Phi) is 5.56. The highest BCUT2D eigenvalue weighted by molar-refractivity contribution is 7.91. The summed E-state index contributed by atoms with van der Waals surface area (Å²) in [6.45, 7) is 4.73. The quantitative estimate of drug-likeness (QED) is 0.598. The molecule has 0 aliphatic heterocycles. The van der Waals surface area contributed by atoms with E-state index in [1.807, 2.05) is 6.07 Å². The minimum Gasteiger partial charge on any atom is -0.315 e. The van der Waals surface area contributed by atoms with Crippen LogP contribution in [0.25, 0.3) is 0 Å². The highest BCUT2D eigenvalue weighted by atomic mass is 32.2. The summed E-state index contributed by atoms with van der Waals surface area (Å²) in [6.07, 6.45) is 2.60. The fraction of sp³-hybridized carbons (Fsp3) is 0.308. The molecule has 1 aromatic rings. The van der Waals surface area contributed by atoms with Crippen LogP contribution < -0.4 is 5.32 Å². The van der Waals surface area contributed by atoms with Gasteiger partial charge in [-0.1, -0.05) is 6.08 Å². The first-order valence-electron chi connectivity index (χ1n) is 5.64. The molecule has 0 unspecified atom stereocenters.